The summed E-state index contributed by atoms with van der Waals surface area (Å²) in [5.41, 5.74) is -4.48. The Hall–Kier alpha value is -1.63. The molecule has 1 aromatic carbocycles. The van der Waals surface area contributed by atoms with Crippen molar-refractivity contribution < 1.29 is 13.2 Å². The molecule has 2 aromatic rings. The van der Waals surface area contributed by atoms with Gasteiger partial charge in [-0.15, -0.1) is 0 Å². The van der Waals surface area contributed by atoms with Crippen LogP contribution >= 0.6 is 11.8 Å². The first kappa shape index (κ1) is 13.8. The zero-order valence-corrected chi connectivity index (χ0v) is 10.6. The Morgan fingerprint density at radius 2 is 2.00 bits per heavy atom. The van der Waals surface area contributed by atoms with Crippen molar-refractivity contribution in [1.29, 1.82) is 0 Å². The molecule has 0 aliphatic carbocycles. The fourth-order valence-corrected chi connectivity index (χ4v) is 2.09. The number of alkyl halides is 3. The summed E-state index contributed by atoms with van der Waals surface area (Å²) < 4.78 is 35.8. The maximum Gasteiger partial charge on any atom is 0.441 e. The lowest BCUT2D eigenvalue weighted by atomic mass is 10.2. The molecular formula is C12H11F3N2OS. The van der Waals surface area contributed by atoms with Crippen LogP contribution in [0.15, 0.2) is 35.1 Å². The minimum Gasteiger partial charge on any atom is -0.371 e. The normalized spacial score (nSPS) is 11.7. The first-order chi connectivity index (χ1) is 8.96. The lowest BCUT2D eigenvalue weighted by Crippen LogP contribution is -2.14. The third-order valence-electron chi connectivity index (χ3n) is 2.44. The summed E-state index contributed by atoms with van der Waals surface area (Å²) in [6, 6.07) is 8.72. The Morgan fingerprint density at radius 3 is 2.74 bits per heavy atom. The van der Waals surface area contributed by atoms with Gasteiger partial charge in [0.1, 0.15) is 5.82 Å². The number of aromatic nitrogens is 1. The molecule has 0 bridgehead atoms. The van der Waals surface area contributed by atoms with Gasteiger partial charge < -0.3 is 10.3 Å². The quantitative estimate of drug-likeness (QED) is 0.849. The van der Waals surface area contributed by atoms with Gasteiger partial charge in [0.05, 0.1) is 0 Å². The number of pyridine rings is 1. The van der Waals surface area contributed by atoms with Crippen LogP contribution in [0.2, 0.25) is 0 Å². The molecule has 19 heavy (non-hydrogen) atoms. The Kier molecular flexibility index (Phi) is 4.04. The topological polar surface area (TPSA) is 44.9 Å². The number of anilines is 1. The molecule has 0 radical (unpaired) electrons. The maximum absolute atomic E-state index is 11.9. The summed E-state index contributed by atoms with van der Waals surface area (Å²) in [7, 11) is 0. The highest BCUT2D eigenvalue weighted by molar-refractivity contribution is 8.00. The predicted molar refractivity (Wildman–Crippen MR) is 71.6 cm³/mol. The van der Waals surface area contributed by atoms with Gasteiger partial charge in [-0.2, -0.15) is 13.2 Å². The summed E-state index contributed by atoms with van der Waals surface area (Å²) in [4.78, 5) is 14.3. The summed E-state index contributed by atoms with van der Waals surface area (Å²) in [6.45, 7) is 0.123. The lowest BCUT2D eigenvalue weighted by molar-refractivity contribution is -0.0327. The van der Waals surface area contributed by atoms with Gasteiger partial charge in [0.2, 0.25) is 0 Å². The number of fused-ring (bicyclic) bond motifs is 1. The van der Waals surface area contributed by atoms with Crippen LogP contribution in [-0.4, -0.2) is 22.8 Å². The number of rotatable bonds is 4. The van der Waals surface area contributed by atoms with Crippen LogP contribution < -0.4 is 10.9 Å². The van der Waals surface area contributed by atoms with Crippen LogP contribution in [0.4, 0.5) is 19.0 Å². The monoisotopic (exact) mass is 288 g/mol. The van der Waals surface area contributed by atoms with Crippen molar-refractivity contribution in [3.8, 4) is 0 Å². The van der Waals surface area contributed by atoms with E-state index in [0.717, 1.165) is 5.39 Å². The van der Waals surface area contributed by atoms with E-state index in [9.17, 15) is 18.0 Å². The first-order valence-electron chi connectivity index (χ1n) is 5.52. The van der Waals surface area contributed by atoms with Crippen molar-refractivity contribution in [1.82, 2.24) is 4.98 Å². The minimum absolute atomic E-state index is 0.0939. The van der Waals surface area contributed by atoms with Crippen LogP contribution in [0.5, 0.6) is 0 Å². The molecule has 2 rings (SSSR count). The number of nitrogens with one attached hydrogen (secondary N) is 2. The summed E-state index contributed by atoms with van der Waals surface area (Å²) in [5, 5.41) is 4.07. The third-order valence-corrected chi connectivity index (χ3v) is 3.17. The Bertz CT molecular complexity index is 624. The molecule has 3 nitrogen and oxygen atoms in total. The largest absolute Gasteiger partial charge is 0.441 e. The van der Waals surface area contributed by atoms with Crippen molar-refractivity contribution in [2.75, 3.05) is 17.6 Å². The standard InChI is InChI=1S/C12H11F3N2OS/c13-12(14,15)19-6-5-16-10-7-8-3-1-2-4-9(8)11(18)17-10/h1-4,7H,5-6H2,(H2,16,17,18). The van der Waals surface area contributed by atoms with Crippen molar-refractivity contribution in [3.63, 3.8) is 0 Å². The van der Waals surface area contributed by atoms with E-state index in [1.165, 1.54) is 0 Å². The van der Waals surface area contributed by atoms with Crippen LogP contribution in [0.1, 0.15) is 0 Å². The molecule has 0 unspecified atom stereocenters. The van der Waals surface area contributed by atoms with E-state index in [1.807, 2.05) is 0 Å². The number of aromatic amines is 1. The molecule has 0 amide bonds. The summed E-state index contributed by atoms with van der Waals surface area (Å²) in [6.07, 6.45) is 0. The van der Waals surface area contributed by atoms with Gasteiger partial charge in [-0.05, 0) is 29.3 Å². The smallest absolute Gasteiger partial charge is 0.371 e. The van der Waals surface area contributed by atoms with Crippen molar-refractivity contribution in [3.05, 3.63) is 40.7 Å². The number of hydrogen-bond acceptors (Lipinski definition) is 3. The highest BCUT2D eigenvalue weighted by atomic mass is 32.2. The van der Waals surface area contributed by atoms with Gasteiger partial charge in [-0.3, -0.25) is 4.79 Å². The molecule has 0 aliphatic heterocycles. The van der Waals surface area contributed by atoms with Gasteiger partial charge in [0, 0.05) is 17.7 Å². The Labute approximate surface area is 111 Å². The van der Waals surface area contributed by atoms with E-state index in [1.54, 1.807) is 30.3 Å². The van der Waals surface area contributed by atoms with Gasteiger partial charge >= 0.3 is 5.51 Å². The second-order valence-corrected chi connectivity index (χ2v) is 4.98. The van der Waals surface area contributed by atoms with Crippen LogP contribution in [0.3, 0.4) is 0 Å². The lowest BCUT2D eigenvalue weighted by Gasteiger charge is -2.08. The molecular weight excluding hydrogens is 277 g/mol. The van der Waals surface area contributed by atoms with E-state index < -0.39 is 5.51 Å². The summed E-state index contributed by atoms with van der Waals surface area (Å²) in [5.74, 6) is 0.310. The van der Waals surface area contributed by atoms with E-state index in [0.29, 0.717) is 11.2 Å². The second kappa shape index (κ2) is 5.56. The van der Waals surface area contributed by atoms with Crippen LogP contribution in [0, 0.1) is 0 Å². The second-order valence-electron chi connectivity index (χ2n) is 3.82. The van der Waals surface area contributed by atoms with Crippen molar-refractivity contribution in [2.45, 2.75) is 5.51 Å². The van der Waals surface area contributed by atoms with Crippen LogP contribution in [-0.2, 0) is 0 Å². The van der Waals surface area contributed by atoms with E-state index in [-0.39, 0.29) is 29.6 Å². The average Bonchev–Trinajstić information content (AvgIpc) is 2.34. The molecule has 0 spiro atoms. The van der Waals surface area contributed by atoms with E-state index >= 15 is 0 Å². The molecule has 0 aliphatic rings. The fraction of sp³-hybridized carbons (Fsp3) is 0.250. The summed E-state index contributed by atoms with van der Waals surface area (Å²) >= 11 is -0.0939. The van der Waals surface area contributed by atoms with Gasteiger partial charge in [0.25, 0.3) is 5.56 Å². The van der Waals surface area contributed by atoms with Crippen molar-refractivity contribution >= 4 is 28.4 Å². The molecule has 0 saturated carbocycles. The van der Waals surface area contributed by atoms with E-state index in [4.69, 9.17) is 0 Å². The van der Waals surface area contributed by atoms with Gasteiger partial charge in [-0.25, -0.2) is 0 Å². The Morgan fingerprint density at radius 1 is 1.26 bits per heavy atom. The fourth-order valence-electron chi connectivity index (χ4n) is 1.66. The average molecular weight is 288 g/mol. The predicted octanol–water partition coefficient (Wildman–Crippen LogP) is 3.19. The third kappa shape index (κ3) is 3.92. The molecule has 7 heteroatoms. The molecule has 2 N–H and O–H groups in total. The number of halogens is 3. The highest BCUT2D eigenvalue weighted by Gasteiger charge is 2.27. The molecule has 1 heterocycles. The molecule has 1 aromatic heterocycles. The molecule has 0 atom stereocenters. The molecule has 0 fully saturated rings. The first-order valence-corrected chi connectivity index (χ1v) is 6.51. The molecule has 102 valence electrons. The maximum atomic E-state index is 11.9. The van der Waals surface area contributed by atoms with Gasteiger partial charge in [0.15, 0.2) is 0 Å². The number of hydrogen-bond donors (Lipinski definition) is 2. The zero-order valence-electron chi connectivity index (χ0n) is 9.75. The van der Waals surface area contributed by atoms with Crippen molar-refractivity contribution in [2.24, 2.45) is 0 Å². The van der Waals surface area contributed by atoms with Gasteiger partial charge in [-0.1, -0.05) is 18.2 Å². The van der Waals surface area contributed by atoms with Crippen LogP contribution in [0.25, 0.3) is 10.8 Å². The number of H-pyrrole nitrogens is 1. The Balaban J connectivity index is 2.04. The van der Waals surface area contributed by atoms with E-state index in [2.05, 4.69) is 10.3 Å². The highest BCUT2D eigenvalue weighted by Crippen LogP contribution is 2.29. The zero-order chi connectivity index (χ0) is 13.9. The minimum atomic E-state index is -4.22. The molecule has 0 saturated heterocycles. The number of benzene rings is 1. The SMILES string of the molecule is O=c1[nH]c(NCCSC(F)(F)F)cc2ccccc12. The number of thioether (sulfide) groups is 1.